The Labute approximate surface area is 122 Å². The van der Waals surface area contributed by atoms with Crippen LogP contribution < -0.4 is 10.5 Å². The largest absolute Gasteiger partial charge is 0.399 e. The summed E-state index contributed by atoms with van der Waals surface area (Å²) in [5, 5.41) is 17.8. The van der Waals surface area contributed by atoms with Gasteiger partial charge in [-0.2, -0.15) is 10.5 Å². The number of rotatable bonds is 3. The van der Waals surface area contributed by atoms with Crippen molar-refractivity contribution in [1.29, 1.82) is 10.5 Å². The summed E-state index contributed by atoms with van der Waals surface area (Å²) in [6.45, 7) is 0. The van der Waals surface area contributed by atoms with Crippen molar-refractivity contribution in [2.45, 2.75) is 4.90 Å². The number of nitriles is 2. The third kappa shape index (κ3) is 3.11. The summed E-state index contributed by atoms with van der Waals surface area (Å²) in [5.74, 6) is 0. The second-order valence-corrected chi connectivity index (χ2v) is 5.84. The second-order valence-electron chi connectivity index (χ2n) is 4.16. The van der Waals surface area contributed by atoms with Crippen LogP contribution in [0.3, 0.4) is 0 Å². The molecule has 2 rings (SSSR count). The highest BCUT2D eigenvalue weighted by Crippen LogP contribution is 2.20. The Morgan fingerprint density at radius 2 is 1.71 bits per heavy atom. The second kappa shape index (κ2) is 5.53. The molecule has 0 aliphatic rings. The van der Waals surface area contributed by atoms with Gasteiger partial charge in [0.05, 0.1) is 21.7 Å². The van der Waals surface area contributed by atoms with Crippen molar-refractivity contribution in [3.8, 4) is 12.1 Å². The summed E-state index contributed by atoms with van der Waals surface area (Å²) < 4.78 is 26.8. The molecule has 0 amide bonds. The maximum absolute atomic E-state index is 12.2. The lowest BCUT2D eigenvalue weighted by Gasteiger charge is -2.09. The van der Waals surface area contributed by atoms with Crippen molar-refractivity contribution >= 4 is 21.4 Å². The fourth-order valence-corrected chi connectivity index (χ4v) is 2.77. The highest BCUT2D eigenvalue weighted by molar-refractivity contribution is 7.92. The van der Waals surface area contributed by atoms with E-state index < -0.39 is 10.0 Å². The number of nitrogens with zero attached hydrogens (tertiary/aromatic N) is 2. The molecule has 0 aromatic heterocycles. The zero-order valence-electron chi connectivity index (χ0n) is 10.7. The minimum absolute atomic E-state index is 0.00736. The fraction of sp³-hybridized carbons (Fsp3) is 0. The molecule has 2 aromatic carbocycles. The van der Waals surface area contributed by atoms with Gasteiger partial charge < -0.3 is 5.73 Å². The normalized spacial score (nSPS) is 10.4. The van der Waals surface area contributed by atoms with Gasteiger partial charge in [-0.25, -0.2) is 8.42 Å². The quantitative estimate of drug-likeness (QED) is 0.837. The minimum Gasteiger partial charge on any atom is -0.399 e. The van der Waals surface area contributed by atoms with E-state index in [1.54, 1.807) is 24.3 Å². The summed E-state index contributed by atoms with van der Waals surface area (Å²) in [6.07, 6.45) is 0. The summed E-state index contributed by atoms with van der Waals surface area (Å²) in [5.41, 5.74) is 6.46. The zero-order chi connectivity index (χ0) is 15.5. The van der Waals surface area contributed by atoms with E-state index in [1.807, 2.05) is 6.07 Å². The van der Waals surface area contributed by atoms with E-state index in [9.17, 15) is 8.42 Å². The molecule has 0 heterocycles. The Hall–Kier alpha value is -3.03. The summed E-state index contributed by atoms with van der Waals surface area (Å²) >= 11 is 0. The maximum atomic E-state index is 12.2. The van der Waals surface area contributed by atoms with E-state index >= 15 is 0 Å². The molecule has 0 radical (unpaired) electrons. The first-order valence-corrected chi connectivity index (χ1v) is 7.27. The van der Waals surface area contributed by atoms with E-state index in [0.717, 1.165) is 6.07 Å². The maximum Gasteiger partial charge on any atom is 0.261 e. The van der Waals surface area contributed by atoms with Crippen molar-refractivity contribution in [2.75, 3.05) is 10.5 Å². The molecule has 0 saturated carbocycles. The van der Waals surface area contributed by atoms with Gasteiger partial charge in [0, 0.05) is 5.69 Å². The van der Waals surface area contributed by atoms with Gasteiger partial charge in [-0.3, -0.25) is 4.72 Å². The molecule has 0 spiro atoms. The third-order valence-corrected chi connectivity index (χ3v) is 4.06. The highest BCUT2D eigenvalue weighted by atomic mass is 32.2. The van der Waals surface area contributed by atoms with Crippen LogP contribution in [0.1, 0.15) is 11.1 Å². The average molecular weight is 298 g/mol. The van der Waals surface area contributed by atoms with Gasteiger partial charge in [-0.05, 0) is 36.4 Å². The molecule has 21 heavy (non-hydrogen) atoms. The Bertz CT molecular complexity index is 877. The molecule has 6 nitrogen and oxygen atoms in total. The Morgan fingerprint density at radius 3 is 2.33 bits per heavy atom. The van der Waals surface area contributed by atoms with Crippen LogP contribution >= 0.6 is 0 Å². The molecule has 3 N–H and O–H groups in total. The van der Waals surface area contributed by atoms with Crippen LogP contribution in [0, 0.1) is 22.7 Å². The third-order valence-electron chi connectivity index (χ3n) is 2.68. The van der Waals surface area contributed by atoms with Gasteiger partial charge in [0.25, 0.3) is 10.0 Å². The van der Waals surface area contributed by atoms with Crippen LogP contribution in [-0.2, 0) is 10.0 Å². The van der Waals surface area contributed by atoms with Crippen LogP contribution in [0.5, 0.6) is 0 Å². The minimum atomic E-state index is -3.85. The predicted molar refractivity (Wildman–Crippen MR) is 77.5 cm³/mol. The molecule has 2 aromatic rings. The molecule has 0 bridgehead atoms. The smallest absolute Gasteiger partial charge is 0.261 e. The molecule has 0 fully saturated rings. The SMILES string of the molecule is N#Cc1ccc(S(=O)(=O)Nc2cccc(N)c2)cc1C#N. The number of anilines is 2. The van der Waals surface area contributed by atoms with Crippen molar-refractivity contribution in [3.63, 3.8) is 0 Å². The van der Waals surface area contributed by atoms with E-state index in [-0.39, 0.29) is 16.0 Å². The Morgan fingerprint density at radius 1 is 1.00 bits per heavy atom. The van der Waals surface area contributed by atoms with E-state index in [2.05, 4.69) is 4.72 Å². The topological polar surface area (TPSA) is 120 Å². The number of sulfonamides is 1. The molecule has 0 aliphatic heterocycles. The van der Waals surface area contributed by atoms with Gasteiger partial charge >= 0.3 is 0 Å². The molecule has 0 unspecified atom stereocenters. The standard InChI is InChI=1S/C14H10N4O2S/c15-8-10-4-5-14(6-11(10)9-16)21(19,20)18-13-3-1-2-12(17)7-13/h1-7,18H,17H2. The number of nitrogens with one attached hydrogen (secondary N) is 1. The van der Waals surface area contributed by atoms with E-state index in [1.165, 1.54) is 18.2 Å². The van der Waals surface area contributed by atoms with Crippen LogP contribution in [0.15, 0.2) is 47.4 Å². The molecule has 104 valence electrons. The summed E-state index contributed by atoms with van der Waals surface area (Å²) in [6, 6.07) is 13.6. The number of benzene rings is 2. The van der Waals surface area contributed by atoms with Crippen LogP contribution in [0.2, 0.25) is 0 Å². The van der Waals surface area contributed by atoms with E-state index in [0.29, 0.717) is 11.4 Å². The van der Waals surface area contributed by atoms with Crippen molar-refractivity contribution in [1.82, 2.24) is 0 Å². The van der Waals surface area contributed by atoms with E-state index in [4.69, 9.17) is 16.3 Å². The first-order valence-electron chi connectivity index (χ1n) is 5.79. The zero-order valence-corrected chi connectivity index (χ0v) is 11.6. The average Bonchev–Trinajstić information content (AvgIpc) is 2.46. The van der Waals surface area contributed by atoms with Crippen molar-refractivity contribution in [2.24, 2.45) is 0 Å². The number of nitrogen functional groups attached to an aromatic ring is 1. The van der Waals surface area contributed by atoms with Crippen molar-refractivity contribution in [3.05, 3.63) is 53.6 Å². The van der Waals surface area contributed by atoms with Gasteiger partial charge in [-0.15, -0.1) is 0 Å². The highest BCUT2D eigenvalue weighted by Gasteiger charge is 2.16. The fourth-order valence-electron chi connectivity index (χ4n) is 1.70. The summed E-state index contributed by atoms with van der Waals surface area (Å²) in [7, 11) is -3.85. The van der Waals surface area contributed by atoms with Gasteiger partial charge in [-0.1, -0.05) is 6.07 Å². The molecule has 7 heteroatoms. The molecule has 0 aliphatic carbocycles. The lowest BCUT2D eigenvalue weighted by Crippen LogP contribution is -2.13. The number of hydrogen-bond donors (Lipinski definition) is 2. The van der Waals surface area contributed by atoms with Crippen LogP contribution in [-0.4, -0.2) is 8.42 Å². The molecular formula is C14H10N4O2S. The monoisotopic (exact) mass is 298 g/mol. The van der Waals surface area contributed by atoms with Gasteiger partial charge in [0.1, 0.15) is 12.1 Å². The van der Waals surface area contributed by atoms with Crippen LogP contribution in [0.25, 0.3) is 0 Å². The molecular weight excluding hydrogens is 288 g/mol. The van der Waals surface area contributed by atoms with Crippen molar-refractivity contribution < 1.29 is 8.42 Å². The van der Waals surface area contributed by atoms with Gasteiger partial charge in [0.2, 0.25) is 0 Å². The molecule has 0 saturated heterocycles. The van der Waals surface area contributed by atoms with Crippen LogP contribution in [0.4, 0.5) is 11.4 Å². The predicted octanol–water partition coefficient (Wildman–Crippen LogP) is 1.81. The number of hydrogen-bond acceptors (Lipinski definition) is 5. The Balaban J connectivity index is 2.41. The van der Waals surface area contributed by atoms with Gasteiger partial charge in [0.15, 0.2) is 0 Å². The number of nitrogens with two attached hydrogens (primary N) is 1. The lowest BCUT2D eigenvalue weighted by atomic mass is 10.1. The first-order chi connectivity index (χ1) is 9.96. The molecule has 0 atom stereocenters. The first kappa shape index (κ1) is 14.4. The Kier molecular flexibility index (Phi) is 3.79. The lowest BCUT2D eigenvalue weighted by molar-refractivity contribution is 0.601. The summed E-state index contributed by atoms with van der Waals surface area (Å²) in [4.78, 5) is -0.0968.